The normalized spacial score (nSPS) is 23.3. The molecule has 4 rings (SSSR count). The number of carbonyl (C=O) groups is 1. The molecule has 2 fully saturated rings. The maximum absolute atomic E-state index is 12.7. The van der Waals surface area contributed by atoms with Crippen LogP contribution in [0.4, 0.5) is 0 Å². The molecule has 1 aromatic carbocycles. The maximum Gasteiger partial charge on any atom is 0.491 e. The number of fused-ring (bicyclic) bond motifs is 1. The minimum absolute atomic E-state index is 0.265. The van der Waals surface area contributed by atoms with Gasteiger partial charge in [0.05, 0.1) is 16.8 Å². The Hall–Kier alpha value is -1.59. The van der Waals surface area contributed by atoms with E-state index in [1.54, 1.807) is 0 Å². The molecule has 1 saturated heterocycles. The summed E-state index contributed by atoms with van der Waals surface area (Å²) in [5.41, 5.74) is 4.50. The molecule has 0 radical (unpaired) electrons. The lowest BCUT2D eigenvalue weighted by molar-refractivity contribution is 0.00578. The number of rotatable bonds is 3. The van der Waals surface area contributed by atoms with E-state index >= 15 is 0 Å². The molecule has 168 valence electrons. The summed E-state index contributed by atoms with van der Waals surface area (Å²) in [6.45, 7) is 14.1. The Kier molecular flexibility index (Phi) is 5.67. The first-order valence-electron chi connectivity index (χ1n) is 11.8. The lowest BCUT2D eigenvalue weighted by atomic mass is 9.70. The Balaban J connectivity index is 1.69. The van der Waals surface area contributed by atoms with Crippen LogP contribution in [-0.4, -0.2) is 29.9 Å². The van der Waals surface area contributed by atoms with Crippen molar-refractivity contribution in [1.82, 2.24) is 0 Å². The van der Waals surface area contributed by atoms with Crippen LogP contribution in [0.3, 0.4) is 0 Å². The molecule has 4 nitrogen and oxygen atoms in total. The number of hydrogen-bond donors (Lipinski definition) is 0. The van der Waals surface area contributed by atoms with Crippen molar-refractivity contribution in [1.29, 1.82) is 0 Å². The van der Waals surface area contributed by atoms with Gasteiger partial charge in [0.2, 0.25) is 0 Å². The Morgan fingerprint density at radius 2 is 1.65 bits per heavy atom. The van der Waals surface area contributed by atoms with E-state index in [1.165, 1.54) is 54.3 Å². The molecule has 1 aliphatic heterocycles. The zero-order valence-electron chi connectivity index (χ0n) is 20.3. The van der Waals surface area contributed by atoms with Crippen LogP contribution >= 0.6 is 0 Å². The van der Waals surface area contributed by atoms with Crippen LogP contribution in [0.2, 0.25) is 0 Å². The predicted molar refractivity (Wildman–Crippen MR) is 125 cm³/mol. The van der Waals surface area contributed by atoms with Gasteiger partial charge in [-0.05, 0) is 108 Å². The third-order valence-corrected chi connectivity index (χ3v) is 7.31. The van der Waals surface area contributed by atoms with Crippen molar-refractivity contribution >= 4 is 18.7 Å². The number of ether oxygens (including phenoxy) is 1. The second-order valence-corrected chi connectivity index (χ2v) is 11.4. The van der Waals surface area contributed by atoms with E-state index in [-0.39, 0.29) is 24.3 Å². The number of hydrogen-bond acceptors (Lipinski definition) is 4. The number of allylic oxidation sites excluding steroid dienone is 2. The summed E-state index contributed by atoms with van der Waals surface area (Å²) in [4.78, 5) is 12.7. The molecular formula is C26H37BO4. The molecule has 0 bridgehead atoms. The first-order valence-corrected chi connectivity index (χ1v) is 11.8. The van der Waals surface area contributed by atoms with Gasteiger partial charge in [0.25, 0.3) is 0 Å². The van der Waals surface area contributed by atoms with E-state index in [0.717, 1.165) is 6.42 Å². The quantitative estimate of drug-likeness (QED) is 0.430. The third-order valence-electron chi connectivity index (χ3n) is 7.31. The third kappa shape index (κ3) is 4.36. The fourth-order valence-electron chi connectivity index (χ4n) is 5.01. The summed E-state index contributed by atoms with van der Waals surface area (Å²) >= 11 is 0. The highest BCUT2D eigenvalue weighted by Crippen LogP contribution is 2.48. The van der Waals surface area contributed by atoms with E-state index < -0.39 is 5.60 Å². The van der Waals surface area contributed by atoms with Crippen LogP contribution in [0, 0.1) is 5.92 Å². The van der Waals surface area contributed by atoms with Gasteiger partial charge < -0.3 is 14.0 Å². The monoisotopic (exact) mass is 424 g/mol. The molecule has 5 heteroatoms. The molecule has 2 aliphatic carbocycles. The summed E-state index contributed by atoms with van der Waals surface area (Å²) < 4.78 is 18.6. The van der Waals surface area contributed by atoms with Crippen molar-refractivity contribution in [3.05, 3.63) is 40.4 Å². The first kappa shape index (κ1) is 22.6. The topological polar surface area (TPSA) is 44.8 Å². The zero-order chi connectivity index (χ0) is 22.6. The highest BCUT2D eigenvalue weighted by molar-refractivity contribution is 6.56. The average Bonchev–Trinajstić information content (AvgIpc) is 3.14. The summed E-state index contributed by atoms with van der Waals surface area (Å²) in [6.07, 6.45) is 7.07. The van der Waals surface area contributed by atoms with Gasteiger partial charge in [-0.25, -0.2) is 4.79 Å². The summed E-state index contributed by atoms with van der Waals surface area (Å²) in [5.74, 6) is 0.273. The maximum atomic E-state index is 12.7. The van der Waals surface area contributed by atoms with Crippen molar-refractivity contribution in [2.24, 2.45) is 5.92 Å². The molecule has 0 aromatic heterocycles. The average molecular weight is 424 g/mol. The smallest absolute Gasteiger partial charge is 0.456 e. The van der Waals surface area contributed by atoms with Crippen LogP contribution < -0.4 is 0 Å². The fourth-order valence-corrected chi connectivity index (χ4v) is 5.01. The van der Waals surface area contributed by atoms with E-state index in [1.807, 2.05) is 32.9 Å². The number of carbonyl (C=O) groups excluding carboxylic acids is 1. The zero-order valence-corrected chi connectivity index (χ0v) is 20.3. The highest BCUT2D eigenvalue weighted by Gasteiger charge is 2.54. The molecule has 0 atom stereocenters. The van der Waals surface area contributed by atoms with E-state index in [4.69, 9.17) is 14.0 Å². The summed E-state index contributed by atoms with van der Waals surface area (Å²) in [6, 6.07) is 6.06. The molecular weight excluding hydrogens is 387 g/mol. The summed E-state index contributed by atoms with van der Waals surface area (Å²) in [5, 5.41) is 0. The highest BCUT2D eigenvalue weighted by atomic mass is 16.7. The molecule has 0 amide bonds. The second-order valence-electron chi connectivity index (χ2n) is 11.4. The standard InChI is InChI=1S/C26H37BO4/c1-24(2,3)29-23(28)18-13-14-20-19(15-18)16-21(22(20)17-11-9-8-10-12-17)27-30-25(4,5)26(6,7)31-27/h13-15,17H,8-12,16H2,1-7H3. The van der Waals surface area contributed by atoms with Gasteiger partial charge in [-0.3, -0.25) is 0 Å². The van der Waals surface area contributed by atoms with Crippen molar-refractivity contribution < 1.29 is 18.8 Å². The van der Waals surface area contributed by atoms with Gasteiger partial charge in [0.15, 0.2) is 0 Å². The van der Waals surface area contributed by atoms with Gasteiger partial charge in [-0.15, -0.1) is 0 Å². The Bertz CT molecular complexity index is 884. The molecule has 0 N–H and O–H groups in total. The fraction of sp³-hybridized carbons (Fsp3) is 0.654. The van der Waals surface area contributed by atoms with Crippen LogP contribution in [0.1, 0.15) is 102 Å². The predicted octanol–water partition coefficient (Wildman–Crippen LogP) is 6.16. The Morgan fingerprint density at radius 3 is 2.23 bits per heavy atom. The van der Waals surface area contributed by atoms with Gasteiger partial charge >= 0.3 is 13.1 Å². The van der Waals surface area contributed by atoms with Gasteiger partial charge in [-0.2, -0.15) is 0 Å². The molecule has 31 heavy (non-hydrogen) atoms. The van der Waals surface area contributed by atoms with Gasteiger partial charge in [0, 0.05) is 0 Å². The van der Waals surface area contributed by atoms with E-state index in [2.05, 4.69) is 33.8 Å². The molecule has 0 spiro atoms. The van der Waals surface area contributed by atoms with E-state index in [0.29, 0.717) is 11.5 Å². The molecule has 0 unspecified atom stereocenters. The van der Waals surface area contributed by atoms with E-state index in [9.17, 15) is 4.79 Å². The summed E-state index contributed by atoms with van der Waals surface area (Å²) in [7, 11) is -0.334. The second kappa shape index (κ2) is 7.77. The Morgan fingerprint density at radius 1 is 1.03 bits per heavy atom. The van der Waals surface area contributed by atoms with Crippen LogP contribution in [-0.2, 0) is 20.5 Å². The van der Waals surface area contributed by atoms with Crippen LogP contribution in [0.5, 0.6) is 0 Å². The van der Waals surface area contributed by atoms with Crippen molar-refractivity contribution in [2.75, 3.05) is 0 Å². The molecule has 3 aliphatic rings. The van der Waals surface area contributed by atoms with Gasteiger partial charge in [-0.1, -0.05) is 25.3 Å². The number of esters is 1. The number of benzene rings is 1. The van der Waals surface area contributed by atoms with Crippen molar-refractivity contribution in [3.63, 3.8) is 0 Å². The lowest BCUT2D eigenvalue weighted by Crippen LogP contribution is -2.41. The minimum Gasteiger partial charge on any atom is -0.456 e. The minimum atomic E-state index is -0.505. The van der Waals surface area contributed by atoms with Gasteiger partial charge in [0.1, 0.15) is 5.60 Å². The molecule has 1 aromatic rings. The molecule has 1 heterocycles. The first-order chi connectivity index (χ1) is 14.4. The van der Waals surface area contributed by atoms with Crippen molar-refractivity contribution in [2.45, 2.75) is 104 Å². The van der Waals surface area contributed by atoms with Crippen LogP contribution in [0.15, 0.2) is 23.7 Å². The SMILES string of the molecule is CC(C)(C)OC(=O)c1ccc2c(c1)CC(B1OC(C)(C)C(C)(C)O1)=C2C1CCCCC1. The molecule has 1 saturated carbocycles. The van der Waals surface area contributed by atoms with Crippen molar-refractivity contribution in [3.8, 4) is 0 Å². The lowest BCUT2D eigenvalue weighted by Gasteiger charge is -2.32. The van der Waals surface area contributed by atoms with Crippen LogP contribution in [0.25, 0.3) is 5.57 Å². The largest absolute Gasteiger partial charge is 0.491 e. The Labute approximate surface area is 187 Å².